The molecule has 0 aliphatic carbocycles. The molecule has 0 saturated carbocycles. The molecule has 20 heavy (non-hydrogen) atoms. The molecule has 1 aliphatic heterocycles. The van der Waals surface area contributed by atoms with Crippen LogP contribution < -0.4 is 4.90 Å². The molecule has 106 valence electrons. The molecule has 7 nitrogen and oxygen atoms in total. The third-order valence-electron chi connectivity index (χ3n) is 3.18. The molecular formula is C12H12N2O5S. The zero-order chi connectivity index (χ0) is 14.9. The number of rotatable bonds is 4. The van der Waals surface area contributed by atoms with E-state index in [2.05, 4.69) is 12.6 Å². The second kappa shape index (κ2) is 5.49. The first-order chi connectivity index (χ1) is 9.43. The van der Waals surface area contributed by atoms with E-state index in [1.807, 2.05) is 0 Å². The van der Waals surface area contributed by atoms with Crippen molar-refractivity contribution in [2.75, 3.05) is 17.2 Å². The predicted molar refractivity (Wildman–Crippen MR) is 74.4 cm³/mol. The third kappa shape index (κ3) is 2.60. The SMILES string of the molecule is O=C(O)c1ccc([N+](=O)[O-])cc1N1CC(CS)CC1=O. The van der Waals surface area contributed by atoms with Crippen molar-refractivity contribution in [2.24, 2.45) is 5.92 Å². The van der Waals surface area contributed by atoms with Gasteiger partial charge in [-0.05, 0) is 17.7 Å². The van der Waals surface area contributed by atoms with Gasteiger partial charge in [0.2, 0.25) is 5.91 Å². The molecule has 0 spiro atoms. The van der Waals surface area contributed by atoms with Crippen molar-refractivity contribution in [2.45, 2.75) is 6.42 Å². The number of anilines is 1. The number of benzene rings is 1. The number of carbonyl (C=O) groups is 2. The summed E-state index contributed by atoms with van der Waals surface area (Å²) in [4.78, 5) is 34.6. The van der Waals surface area contributed by atoms with Crippen LogP contribution in [0.2, 0.25) is 0 Å². The van der Waals surface area contributed by atoms with Crippen LogP contribution >= 0.6 is 12.6 Å². The largest absolute Gasteiger partial charge is 0.478 e. The lowest BCUT2D eigenvalue weighted by Crippen LogP contribution is -2.26. The Balaban J connectivity index is 2.47. The van der Waals surface area contributed by atoms with Crippen molar-refractivity contribution in [1.82, 2.24) is 0 Å². The van der Waals surface area contributed by atoms with Gasteiger partial charge in [0.15, 0.2) is 0 Å². The Kier molecular flexibility index (Phi) is 3.93. The van der Waals surface area contributed by atoms with Gasteiger partial charge in [-0.2, -0.15) is 12.6 Å². The number of non-ortho nitro benzene ring substituents is 1. The van der Waals surface area contributed by atoms with Gasteiger partial charge in [0.25, 0.3) is 5.69 Å². The minimum Gasteiger partial charge on any atom is -0.478 e. The van der Waals surface area contributed by atoms with Crippen molar-refractivity contribution in [3.63, 3.8) is 0 Å². The normalized spacial score (nSPS) is 18.4. The van der Waals surface area contributed by atoms with Crippen LogP contribution in [0.4, 0.5) is 11.4 Å². The number of thiol groups is 1. The van der Waals surface area contributed by atoms with E-state index in [0.717, 1.165) is 18.2 Å². The van der Waals surface area contributed by atoms with E-state index < -0.39 is 10.9 Å². The first-order valence-electron chi connectivity index (χ1n) is 5.87. The maximum Gasteiger partial charge on any atom is 0.337 e. The summed E-state index contributed by atoms with van der Waals surface area (Å²) in [7, 11) is 0. The Labute approximate surface area is 119 Å². The number of carboxylic acid groups (broad SMARTS) is 1. The van der Waals surface area contributed by atoms with Crippen LogP contribution in [0.1, 0.15) is 16.8 Å². The van der Waals surface area contributed by atoms with Gasteiger partial charge in [-0.1, -0.05) is 0 Å². The first-order valence-corrected chi connectivity index (χ1v) is 6.50. The molecule has 1 unspecified atom stereocenters. The van der Waals surface area contributed by atoms with Crippen LogP contribution in [0.3, 0.4) is 0 Å². The molecule has 0 bridgehead atoms. The molecule has 1 fully saturated rings. The number of carbonyl (C=O) groups excluding carboxylic acids is 1. The number of amides is 1. The van der Waals surface area contributed by atoms with E-state index in [0.29, 0.717) is 12.3 Å². The summed E-state index contributed by atoms with van der Waals surface area (Å²) in [5.41, 5.74) is -0.295. The Hall–Kier alpha value is -2.09. The summed E-state index contributed by atoms with van der Waals surface area (Å²) in [6.45, 7) is 0.323. The van der Waals surface area contributed by atoms with E-state index >= 15 is 0 Å². The molecule has 1 aliphatic rings. The van der Waals surface area contributed by atoms with E-state index in [1.165, 1.54) is 4.90 Å². The van der Waals surface area contributed by atoms with Crippen LogP contribution in [0.15, 0.2) is 18.2 Å². The van der Waals surface area contributed by atoms with Crippen LogP contribution in [0.25, 0.3) is 0 Å². The highest BCUT2D eigenvalue weighted by Gasteiger charge is 2.32. The average Bonchev–Trinajstić information content (AvgIpc) is 2.79. The zero-order valence-electron chi connectivity index (χ0n) is 10.4. The Morgan fingerprint density at radius 3 is 2.75 bits per heavy atom. The zero-order valence-corrected chi connectivity index (χ0v) is 11.2. The molecule has 8 heteroatoms. The first kappa shape index (κ1) is 14.3. The second-order valence-corrected chi connectivity index (χ2v) is 4.89. The van der Waals surface area contributed by atoms with Gasteiger partial charge in [0, 0.05) is 25.1 Å². The van der Waals surface area contributed by atoms with Gasteiger partial charge in [-0.15, -0.1) is 0 Å². The molecule has 1 N–H and O–H groups in total. The molecule has 0 radical (unpaired) electrons. The lowest BCUT2D eigenvalue weighted by Gasteiger charge is -2.18. The third-order valence-corrected chi connectivity index (χ3v) is 3.69. The lowest BCUT2D eigenvalue weighted by molar-refractivity contribution is -0.384. The average molecular weight is 296 g/mol. The molecule has 1 aromatic carbocycles. The highest BCUT2D eigenvalue weighted by Crippen LogP contribution is 2.31. The fraction of sp³-hybridized carbons (Fsp3) is 0.333. The van der Waals surface area contributed by atoms with E-state index in [4.69, 9.17) is 5.11 Å². The van der Waals surface area contributed by atoms with E-state index in [1.54, 1.807) is 0 Å². The van der Waals surface area contributed by atoms with Crippen molar-refractivity contribution >= 4 is 35.9 Å². The number of hydrogen-bond donors (Lipinski definition) is 2. The maximum absolute atomic E-state index is 11.9. The van der Waals surface area contributed by atoms with Crippen LogP contribution in [0.5, 0.6) is 0 Å². The van der Waals surface area contributed by atoms with Gasteiger partial charge in [0.05, 0.1) is 16.2 Å². The lowest BCUT2D eigenvalue weighted by atomic mass is 10.1. The summed E-state index contributed by atoms with van der Waals surface area (Å²) >= 11 is 4.13. The Morgan fingerprint density at radius 1 is 1.55 bits per heavy atom. The van der Waals surface area contributed by atoms with Crippen molar-refractivity contribution in [3.05, 3.63) is 33.9 Å². The van der Waals surface area contributed by atoms with Gasteiger partial charge >= 0.3 is 5.97 Å². The highest BCUT2D eigenvalue weighted by molar-refractivity contribution is 7.80. The number of nitro benzene ring substituents is 1. The quantitative estimate of drug-likeness (QED) is 0.499. The molecule has 1 saturated heterocycles. The molecule has 2 rings (SSSR count). The number of nitrogens with zero attached hydrogens (tertiary/aromatic N) is 2. The molecule has 1 aromatic rings. The van der Waals surface area contributed by atoms with Gasteiger partial charge < -0.3 is 10.0 Å². The fourth-order valence-electron chi connectivity index (χ4n) is 2.17. The van der Waals surface area contributed by atoms with Gasteiger partial charge in [-0.25, -0.2) is 4.79 Å². The summed E-state index contributed by atoms with van der Waals surface area (Å²) < 4.78 is 0. The van der Waals surface area contributed by atoms with E-state index in [-0.39, 0.29) is 35.2 Å². The Bertz CT molecular complexity index is 589. The van der Waals surface area contributed by atoms with Crippen LogP contribution in [0, 0.1) is 16.0 Å². The number of hydrogen-bond acceptors (Lipinski definition) is 5. The Morgan fingerprint density at radius 2 is 2.25 bits per heavy atom. The van der Waals surface area contributed by atoms with Gasteiger partial charge in [0.1, 0.15) is 0 Å². The maximum atomic E-state index is 11.9. The molecule has 1 heterocycles. The number of aromatic carboxylic acids is 1. The van der Waals surface area contributed by atoms with E-state index in [9.17, 15) is 19.7 Å². The standard InChI is InChI=1S/C12H12N2O5S/c15-11-3-7(6-20)5-13(11)10-4-8(14(18)19)1-2-9(10)12(16)17/h1-2,4,7,20H,3,5-6H2,(H,16,17). The van der Waals surface area contributed by atoms with Crippen LogP contribution in [-0.4, -0.2) is 34.2 Å². The molecular weight excluding hydrogens is 284 g/mol. The number of carboxylic acids is 1. The van der Waals surface area contributed by atoms with Crippen LogP contribution in [-0.2, 0) is 4.79 Å². The minimum absolute atomic E-state index is 0.0201. The second-order valence-electron chi connectivity index (χ2n) is 4.52. The summed E-state index contributed by atoms with van der Waals surface area (Å²) in [5, 5.41) is 19.9. The van der Waals surface area contributed by atoms with Crippen molar-refractivity contribution in [3.8, 4) is 0 Å². The van der Waals surface area contributed by atoms with Crippen molar-refractivity contribution in [1.29, 1.82) is 0 Å². The van der Waals surface area contributed by atoms with Crippen molar-refractivity contribution < 1.29 is 19.6 Å². The summed E-state index contributed by atoms with van der Waals surface area (Å²) in [5.74, 6) is -0.949. The smallest absolute Gasteiger partial charge is 0.337 e. The summed E-state index contributed by atoms with van der Waals surface area (Å²) in [6, 6.07) is 3.39. The minimum atomic E-state index is -1.22. The molecule has 0 aromatic heterocycles. The topological polar surface area (TPSA) is 101 Å². The fourth-order valence-corrected chi connectivity index (χ4v) is 2.42. The summed E-state index contributed by atoms with van der Waals surface area (Å²) in [6.07, 6.45) is 0.269. The number of nitro groups is 1. The monoisotopic (exact) mass is 296 g/mol. The molecule has 1 amide bonds. The highest BCUT2D eigenvalue weighted by atomic mass is 32.1. The molecule has 1 atom stereocenters. The predicted octanol–water partition coefficient (Wildman–Crippen LogP) is 1.58. The van der Waals surface area contributed by atoms with Gasteiger partial charge in [-0.3, -0.25) is 14.9 Å².